The van der Waals surface area contributed by atoms with E-state index in [4.69, 9.17) is 4.74 Å². The van der Waals surface area contributed by atoms with E-state index in [-0.39, 0.29) is 45.8 Å². The van der Waals surface area contributed by atoms with Crippen molar-refractivity contribution in [3.63, 3.8) is 0 Å². The largest absolute Gasteiger partial charge is 0.508 e. The quantitative estimate of drug-likeness (QED) is 0.478. The Bertz CT molecular complexity index is 1040. The second kappa shape index (κ2) is 5.23. The lowest BCUT2D eigenvalue weighted by Crippen LogP contribution is -2.30. The van der Waals surface area contributed by atoms with Crippen LogP contribution in [0.3, 0.4) is 0 Å². The summed E-state index contributed by atoms with van der Waals surface area (Å²) in [4.78, 5) is 25.9. The molecule has 27 heavy (non-hydrogen) atoms. The summed E-state index contributed by atoms with van der Waals surface area (Å²) in [6, 6.07) is 3.56. The van der Waals surface area contributed by atoms with Gasteiger partial charge in [0.05, 0.1) is 17.2 Å². The number of hydrogen-bond acceptors (Lipinski definition) is 7. The molecule has 138 valence electrons. The number of ether oxygens (including phenoxy) is 1. The van der Waals surface area contributed by atoms with Crippen molar-refractivity contribution in [2.24, 2.45) is 0 Å². The number of aliphatic hydroxyl groups is 1. The molecule has 0 aromatic heterocycles. The molecule has 4 N–H and O–H groups in total. The number of carbonyl (C=O) groups excluding carboxylic acids is 2. The fourth-order valence-corrected chi connectivity index (χ4v) is 4.56. The van der Waals surface area contributed by atoms with Gasteiger partial charge in [0.15, 0.2) is 5.78 Å². The highest BCUT2D eigenvalue weighted by Gasteiger charge is 2.45. The highest BCUT2D eigenvalue weighted by molar-refractivity contribution is 6.30. The molecule has 5 rings (SSSR count). The topological polar surface area (TPSA) is 124 Å². The molecular formula is C20H16O7. The average molecular weight is 368 g/mol. The third-order valence-corrected chi connectivity index (χ3v) is 5.76. The van der Waals surface area contributed by atoms with Crippen LogP contribution in [0.2, 0.25) is 0 Å². The van der Waals surface area contributed by atoms with Crippen LogP contribution in [-0.2, 0) is 0 Å². The lowest BCUT2D eigenvalue weighted by atomic mass is 9.77. The summed E-state index contributed by atoms with van der Waals surface area (Å²) in [6.45, 7) is 0. The smallest absolute Gasteiger partial charge is 0.201 e. The molecule has 2 aromatic carbocycles. The summed E-state index contributed by atoms with van der Waals surface area (Å²) in [5.74, 6) is -2.22. The van der Waals surface area contributed by atoms with E-state index < -0.39 is 23.4 Å². The normalized spacial score (nSPS) is 25.3. The third kappa shape index (κ3) is 2.06. The number of aliphatic hydroxyl groups excluding tert-OH is 1. The maximum Gasteiger partial charge on any atom is 0.201 e. The second-order valence-corrected chi connectivity index (χ2v) is 7.33. The number of fused-ring (bicyclic) bond motifs is 5. The average Bonchev–Trinajstić information content (AvgIpc) is 2.96. The maximum absolute atomic E-state index is 13.0. The van der Waals surface area contributed by atoms with Crippen LogP contribution in [0.1, 0.15) is 62.6 Å². The summed E-state index contributed by atoms with van der Waals surface area (Å²) >= 11 is 0. The SMILES string of the molecule is O=C1c2cc(O)cc(O)c2C(=O)c2c1cc1c(c2O)C2CCC(O)CC2O1. The molecule has 3 aliphatic rings. The zero-order chi connectivity index (χ0) is 19.0. The minimum Gasteiger partial charge on any atom is -0.508 e. The van der Waals surface area contributed by atoms with Crippen LogP contribution < -0.4 is 4.74 Å². The van der Waals surface area contributed by atoms with Crippen molar-refractivity contribution in [2.75, 3.05) is 0 Å². The first-order chi connectivity index (χ1) is 12.9. The van der Waals surface area contributed by atoms with Gasteiger partial charge in [-0.05, 0) is 25.0 Å². The van der Waals surface area contributed by atoms with E-state index in [1.807, 2.05) is 0 Å². The fourth-order valence-electron chi connectivity index (χ4n) is 4.56. The molecule has 0 amide bonds. The molecular weight excluding hydrogens is 352 g/mol. The molecule has 7 heteroatoms. The molecule has 1 heterocycles. The third-order valence-electron chi connectivity index (χ3n) is 5.76. The maximum atomic E-state index is 13.0. The molecule has 2 aromatic rings. The summed E-state index contributed by atoms with van der Waals surface area (Å²) in [6.07, 6.45) is 0.785. The molecule has 0 radical (unpaired) electrons. The Morgan fingerprint density at radius 1 is 0.926 bits per heavy atom. The molecule has 3 unspecified atom stereocenters. The minimum absolute atomic E-state index is 0.0204. The van der Waals surface area contributed by atoms with Crippen LogP contribution in [0.25, 0.3) is 0 Å². The van der Waals surface area contributed by atoms with Crippen LogP contribution in [0, 0.1) is 0 Å². The van der Waals surface area contributed by atoms with Gasteiger partial charge in [-0.15, -0.1) is 0 Å². The lowest BCUT2D eigenvalue weighted by molar-refractivity contribution is 0.0548. The van der Waals surface area contributed by atoms with Gasteiger partial charge in [-0.3, -0.25) is 9.59 Å². The van der Waals surface area contributed by atoms with E-state index in [0.717, 1.165) is 12.1 Å². The van der Waals surface area contributed by atoms with Gasteiger partial charge in [0.25, 0.3) is 0 Å². The van der Waals surface area contributed by atoms with E-state index in [0.29, 0.717) is 30.6 Å². The Morgan fingerprint density at radius 3 is 2.44 bits per heavy atom. The Morgan fingerprint density at radius 2 is 1.67 bits per heavy atom. The first kappa shape index (κ1) is 16.1. The summed E-state index contributed by atoms with van der Waals surface area (Å²) in [5.41, 5.74) is -0.0330. The van der Waals surface area contributed by atoms with Crippen LogP contribution in [0.5, 0.6) is 23.0 Å². The highest BCUT2D eigenvalue weighted by atomic mass is 16.5. The van der Waals surface area contributed by atoms with E-state index in [1.165, 1.54) is 6.07 Å². The predicted molar refractivity (Wildman–Crippen MR) is 91.8 cm³/mol. The molecule has 7 nitrogen and oxygen atoms in total. The van der Waals surface area contributed by atoms with Gasteiger partial charge in [-0.25, -0.2) is 0 Å². The molecule has 3 atom stereocenters. The van der Waals surface area contributed by atoms with Gasteiger partial charge >= 0.3 is 0 Å². The van der Waals surface area contributed by atoms with E-state index in [1.54, 1.807) is 0 Å². The monoisotopic (exact) mass is 368 g/mol. The van der Waals surface area contributed by atoms with Crippen molar-refractivity contribution < 1.29 is 34.8 Å². The standard InChI is InChI=1S/C20H16O7/c21-7-1-2-9-13(5-7)27-14-6-11-17(20(26)16(9)14)19(25)15-10(18(11)24)3-8(22)4-12(15)23/h3-4,6-7,9,13,21-23,26H,1-2,5H2. The number of hydrogen-bond donors (Lipinski definition) is 4. The highest BCUT2D eigenvalue weighted by Crippen LogP contribution is 2.53. The molecule has 0 saturated heterocycles. The van der Waals surface area contributed by atoms with Gasteiger partial charge in [0, 0.05) is 35.1 Å². The number of rotatable bonds is 0. The zero-order valence-corrected chi connectivity index (χ0v) is 14.1. The van der Waals surface area contributed by atoms with Crippen LogP contribution in [0.4, 0.5) is 0 Å². The number of phenols is 3. The van der Waals surface area contributed by atoms with Crippen molar-refractivity contribution in [3.05, 3.63) is 46.0 Å². The molecule has 0 spiro atoms. The summed E-state index contributed by atoms with van der Waals surface area (Å²) < 4.78 is 5.86. The van der Waals surface area contributed by atoms with Gasteiger partial charge in [0.2, 0.25) is 5.78 Å². The molecule has 1 fully saturated rings. The van der Waals surface area contributed by atoms with E-state index >= 15 is 0 Å². The molecule has 1 aliphatic heterocycles. The van der Waals surface area contributed by atoms with Crippen molar-refractivity contribution in [1.29, 1.82) is 0 Å². The first-order valence-corrected chi connectivity index (χ1v) is 8.76. The number of benzene rings is 2. The number of phenolic OH excluding ortho intramolecular Hbond substituents is 3. The minimum atomic E-state index is -0.670. The van der Waals surface area contributed by atoms with Crippen molar-refractivity contribution >= 4 is 11.6 Å². The second-order valence-electron chi connectivity index (χ2n) is 7.33. The van der Waals surface area contributed by atoms with Crippen molar-refractivity contribution in [1.82, 2.24) is 0 Å². The Balaban J connectivity index is 1.72. The van der Waals surface area contributed by atoms with E-state index in [9.17, 15) is 30.0 Å². The number of ketones is 2. The van der Waals surface area contributed by atoms with Gasteiger partial charge in [0.1, 0.15) is 29.1 Å². The first-order valence-electron chi connectivity index (χ1n) is 8.76. The Kier molecular flexibility index (Phi) is 3.13. The summed E-state index contributed by atoms with van der Waals surface area (Å²) in [5, 5.41) is 40.5. The molecule has 2 aliphatic carbocycles. The Hall–Kier alpha value is -3.06. The number of aromatic hydroxyl groups is 3. The van der Waals surface area contributed by atoms with Crippen molar-refractivity contribution in [2.45, 2.75) is 37.4 Å². The predicted octanol–water partition coefficient (Wildman–Crippen LogP) is 1.97. The van der Waals surface area contributed by atoms with Crippen LogP contribution in [-0.4, -0.2) is 44.2 Å². The van der Waals surface area contributed by atoms with Gasteiger partial charge < -0.3 is 25.2 Å². The zero-order valence-electron chi connectivity index (χ0n) is 14.1. The summed E-state index contributed by atoms with van der Waals surface area (Å²) in [7, 11) is 0. The van der Waals surface area contributed by atoms with Crippen LogP contribution >= 0.6 is 0 Å². The molecule has 1 saturated carbocycles. The van der Waals surface area contributed by atoms with Gasteiger partial charge in [-0.1, -0.05) is 0 Å². The Labute approximate surface area is 153 Å². The van der Waals surface area contributed by atoms with Gasteiger partial charge in [-0.2, -0.15) is 0 Å². The number of carbonyl (C=O) groups is 2. The van der Waals surface area contributed by atoms with Crippen LogP contribution in [0.15, 0.2) is 18.2 Å². The van der Waals surface area contributed by atoms with E-state index in [2.05, 4.69) is 0 Å². The van der Waals surface area contributed by atoms with Crippen molar-refractivity contribution in [3.8, 4) is 23.0 Å². The molecule has 0 bridgehead atoms. The fraction of sp³-hybridized carbons (Fsp3) is 0.300. The lowest BCUT2D eigenvalue weighted by Gasteiger charge is -2.28.